The molecule has 4 unspecified atom stereocenters. The minimum Gasteiger partial charge on any atom is -0.469 e. The van der Waals surface area contributed by atoms with Crippen molar-refractivity contribution in [3.63, 3.8) is 0 Å². The van der Waals surface area contributed by atoms with Gasteiger partial charge >= 0.3 is 5.97 Å². The van der Waals surface area contributed by atoms with E-state index in [0.29, 0.717) is 29.1 Å². The zero-order valence-corrected chi connectivity index (χ0v) is 23.0. The number of hydrogen-bond acceptors (Lipinski definition) is 3. The van der Waals surface area contributed by atoms with Gasteiger partial charge in [0.15, 0.2) is 0 Å². The van der Waals surface area contributed by atoms with E-state index < -0.39 is 11.5 Å². The molecule has 11 atom stereocenters. The third kappa shape index (κ3) is 2.83. The van der Waals surface area contributed by atoms with Crippen LogP contribution in [0.1, 0.15) is 106 Å². The maximum absolute atomic E-state index is 13.1. The lowest BCUT2D eigenvalue weighted by Crippen LogP contribution is -2.67. The van der Waals surface area contributed by atoms with E-state index in [1.165, 1.54) is 57.6 Å². The van der Waals surface area contributed by atoms with E-state index >= 15 is 0 Å². The molecule has 0 amide bonds. The van der Waals surface area contributed by atoms with E-state index in [2.05, 4.69) is 41.2 Å². The molecule has 5 fully saturated rings. The van der Waals surface area contributed by atoms with Crippen molar-refractivity contribution >= 4 is 5.97 Å². The van der Waals surface area contributed by atoms with Crippen LogP contribution in [-0.4, -0.2) is 24.3 Å². The fourth-order valence-electron chi connectivity index (χ4n) is 11.7. The van der Waals surface area contributed by atoms with Crippen molar-refractivity contribution in [1.29, 1.82) is 0 Å². The van der Waals surface area contributed by atoms with Crippen molar-refractivity contribution in [3.8, 4) is 0 Å². The highest BCUT2D eigenvalue weighted by Gasteiger charge is 2.71. The largest absolute Gasteiger partial charge is 0.469 e. The van der Waals surface area contributed by atoms with Crippen LogP contribution < -0.4 is 0 Å². The van der Waals surface area contributed by atoms with Crippen molar-refractivity contribution in [2.45, 2.75) is 112 Å². The molecule has 192 valence electrons. The molecule has 5 rings (SSSR count). The molecule has 0 bridgehead atoms. The van der Waals surface area contributed by atoms with Gasteiger partial charge in [0.1, 0.15) is 0 Å². The second-order valence-electron chi connectivity index (χ2n) is 14.7. The zero-order chi connectivity index (χ0) is 24.9. The number of carbonyl (C=O) groups is 1. The van der Waals surface area contributed by atoms with E-state index in [0.717, 1.165) is 24.7 Å². The summed E-state index contributed by atoms with van der Waals surface area (Å²) in [6.45, 7) is 19.1. The minimum atomic E-state index is -0.789. The molecule has 0 aliphatic heterocycles. The highest BCUT2D eigenvalue weighted by molar-refractivity contribution is 5.78. The number of aliphatic hydroxyl groups is 1. The van der Waals surface area contributed by atoms with Crippen LogP contribution in [0.4, 0.5) is 0 Å². The normalized spacial score (nSPS) is 56.5. The molecule has 0 heterocycles. The Bertz CT molecular complexity index is 880. The molecule has 5 aliphatic carbocycles. The average molecular weight is 471 g/mol. The Morgan fingerprint density at radius 2 is 1.56 bits per heavy atom. The van der Waals surface area contributed by atoms with Gasteiger partial charge in [-0.2, -0.15) is 0 Å². The third-order valence-electron chi connectivity index (χ3n) is 13.7. The van der Waals surface area contributed by atoms with Crippen molar-refractivity contribution in [2.75, 3.05) is 7.11 Å². The first-order chi connectivity index (χ1) is 15.8. The molecule has 34 heavy (non-hydrogen) atoms. The number of ether oxygens (including phenoxy) is 1. The Hall–Kier alpha value is -0.830. The molecule has 5 aliphatic rings. The van der Waals surface area contributed by atoms with Crippen molar-refractivity contribution in [3.05, 3.63) is 12.2 Å². The number of aliphatic hydroxyl groups excluding tert-OH is 1. The van der Waals surface area contributed by atoms with Crippen LogP contribution in [0.25, 0.3) is 0 Å². The second-order valence-corrected chi connectivity index (χ2v) is 14.7. The third-order valence-corrected chi connectivity index (χ3v) is 13.7. The zero-order valence-electron chi connectivity index (χ0n) is 23.0. The topological polar surface area (TPSA) is 46.5 Å². The van der Waals surface area contributed by atoms with Gasteiger partial charge in [0.25, 0.3) is 0 Å². The summed E-state index contributed by atoms with van der Waals surface area (Å²) >= 11 is 0. The predicted molar refractivity (Wildman–Crippen MR) is 137 cm³/mol. The molecule has 0 saturated heterocycles. The Kier molecular flexibility index (Phi) is 5.55. The summed E-state index contributed by atoms with van der Waals surface area (Å²) in [5, 5.41) is 11.1. The van der Waals surface area contributed by atoms with Crippen molar-refractivity contribution in [2.24, 2.45) is 56.7 Å². The summed E-state index contributed by atoms with van der Waals surface area (Å²) in [6, 6.07) is 0. The van der Waals surface area contributed by atoms with Crippen LogP contribution in [0.2, 0.25) is 0 Å². The fourth-order valence-corrected chi connectivity index (χ4v) is 11.7. The van der Waals surface area contributed by atoms with Crippen molar-refractivity contribution < 1.29 is 14.6 Å². The van der Waals surface area contributed by atoms with Gasteiger partial charge in [-0.3, -0.25) is 4.79 Å². The first-order valence-electron chi connectivity index (χ1n) is 14.2. The van der Waals surface area contributed by atoms with Gasteiger partial charge in [0, 0.05) is 0 Å². The molecular weight excluding hydrogens is 420 g/mol. The highest BCUT2D eigenvalue weighted by atomic mass is 16.5. The summed E-state index contributed by atoms with van der Waals surface area (Å²) < 4.78 is 5.31. The van der Waals surface area contributed by atoms with Gasteiger partial charge in [-0.05, 0) is 129 Å². The van der Waals surface area contributed by atoms with Gasteiger partial charge in [0.05, 0.1) is 18.6 Å². The summed E-state index contributed by atoms with van der Waals surface area (Å²) in [4.78, 5) is 13.1. The fraction of sp³-hybridized carbons (Fsp3) is 0.903. The number of allylic oxidation sites excluding steroid dienone is 1. The van der Waals surface area contributed by atoms with E-state index in [-0.39, 0.29) is 22.7 Å². The lowest BCUT2D eigenvalue weighted by atomic mass is 9.32. The van der Waals surface area contributed by atoms with E-state index in [1.54, 1.807) is 0 Å². The van der Waals surface area contributed by atoms with E-state index in [9.17, 15) is 9.90 Å². The second kappa shape index (κ2) is 7.59. The van der Waals surface area contributed by atoms with Crippen LogP contribution in [-0.2, 0) is 9.53 Å². The van der Waals surface area contributed by atoms with Gasteiger partial charge < -0.3 is 9.84 Å². The lowest BCUT2D eigenvalue weighted by Gasteiger charge is -2.72. The summed E-state index contributed by atoms with van der Waals surface area (Å²) in [6.07, 6.45) is 11.3. The predicted octanol–water partition coefficient (Wildman–Crippen LogP) is 7.18. The van der Waals surface area contributed by atoms with E-state index in [1.807, 2.05) is 6.92 Å². The number of esters is 1. The van der Waals surface area contributed by atoms with Gasteiger partial charge in [0.2, 0.25) is 0 Å². The Balaban J connectivity index is 1.55. The molecule has 0 aromatic rings. The molecule has 1 N–H and O–H groups in total. The number of hydrogen-bond donors (Lipinski definition) is 1. The van der Waals surface area contributed by atoms with Gasteiger partial charge in [-0.25, -0.2) is 0 Å². The number of rotatable bonds is 2. The Labute approximate surface area is 208 Å². The highest BCUT2D eigenvalue weighted by Crippen LogP contribution is 2.77. The molecular formula is C31H50O3. The number of methoxy groups -OCH3 is 1. The standard InChI is InChI=1S/C31H50O3/c1-19(2)20-11-14-27(3)17-18-29(5)21(25(20)27)9-10-22-28(4)15-13-24(32)31(7,26(33)34-8)23(28)12-16-30(22,29)6/h20-25,32H,1,9-18H2,2-8H3/t20-,21?,22?,23?,24-,25?,27+,28+,29+,30+,31+/m0/s1. The maximum atomic E-state index is 13.1. The van der Waals surface area contributed by atoms with Crippen LogP contribution in [0.3, 0.4) is 0 Å². The van der Waals surface area contributed by atoms with Crippen LogP contribution >= 0.6 is 0 Å². The minimum absolute atomic E-state index is 0.0767. The smallest absolute Gasteiger partial charge is 0.314 e. The molecule has 0 radical (unpaired) electrons. The van der Waals surface area contributed by atoms with Crippen LogP contribution in [0, 0.1) is 56.7 Å². The summed E-state index contributed by atoms with van der Waals surface area (Å²) in [7, 11) is 1.49. The van der Waals surface area contributed by atoms with Gasteiger partial charge in [-0.1, -0.05) is 39.8 Å². The van der Waals surface area contributed by atoms with Gasteiger partial charge in [-0.15, -0.1) is 0 Å². The molecule has 0 aromatic heterocycles. The quantitative estimate of drug-likeness (QED) is 0.343. The summed E-state index contributed by atoms with van der Waals surface area (Å²) in [5.74, 6) is 2.83. The molecule has 5 saturated carbocycles. The van der Waals surface area contributed by atoms with E-state index in [4.69, 9.17) is 4.74 Å². The first kappa shape index (κ1) is 24.8. The number of carbonyl (C=O) groups excluding carboxylic acids is 1. The Morgan fingerprint density at radius 3 is 2.21 bits per heavy atom. The maximum Gasteiger partial charge on any atom is 0.314 e. The molecule has 0 aromatic carbocycles. The van der Waals surface area contributed by atoms with Crippen LogP contribution in [0.15, 0.2) is 12.2 Å². The average Bonchev–Trinajstić information content (AvgIpc) is 3.14. The summed E-state index contributed by atoms with van der Waals surface area (Å²) in [5.41, 5.74) is 1.80. The molecule has 0 spiro atoms. The number of fused-ring (bicyclic) bond motifs is 7. The Morgan fingerprint density at radius 1 is 0.853 bits per heavy atom. The van der Waals surface area contributed by atoms with Crippen molar-refractivity contribution in [1.82, 2.24) is 0 Å². The first-order valence-corrected chi connectivity index (χ1v) is 14.2. The molecule has 3 heteroatoms. The van der Waals surface area contributed by atoms with Crippen LogP contribution in [0.5, 0.6) is 0 Å². The lowest BCUT2D eigenvalue weighted by molar-refractivity contribution is -0.250. The monoisotopic (exact) mass is 470 g/mol. The molecule has 3 nitrogen and oxygen atoms in total. The SMILES string of the molecule is C=C(C)[C@@H]1CC[C@]2(C)CC[C@]3(C)C(CCC4[C@@]5(C)CC[C@H](O)[C@](C)(C(=O)OC)C5CC[C@]43C)C12.